The fourth-order valence-electron chi connectivity index (χ4n) is 2.22. The van der Waals surface area contributed by atoms with Crippen LogP contribution in [0.5, 0.6) is 17.2 Å². The van der Waals surface area contributed by atoms with E-state index >= 15 is 0 Å². The highest BCUT2D eigenvalue weighted by molar-refractivity contribution is 9.10. The number of anilines is 1. The zero-order valence-corrected chi connectivity index (χ0v) is 14.4. The van der Waals surface area contributed by atoms with E-state index in [4.69, 9.17) is 14.2 Å². The maximum Gasteiger partial charge on any atom is 0.262 e. The van der Waals surface area contributed by atoms with Gasteiger partial charge in [-0.25, -0.2) is 0 Å². The number of carbonyl (C=O) groups excluding carboxylic acids is 1. The average Bonchev–Trinajstić information content (AvgIpc) is 2.97. The zero-order valence-electron chi connectivity index (χ0n) is 12.8. The molecule has 0 atom stereocenters. The number of fused-ring (bicyclic) bond motifs is 1. The highest BCUT2D eigenvalue weighted by Gasteiger charge is 2.14. The van der Waals surface area contributed by atoms with Gasteiger partial charge in [-0.1, -0.05) is 15.9 Å². The number of carbonyl (C=O) groups is 1. The van der Waals surface area contributed by atoms with Gasteiger partial charge in [-0.15, -0.1) is 0 Å². The normalized spacial score (nSPS) is 12.1. The molecule has 0 unspecified atom stereocenters. The molecule has 0 bridgehead atoms. The Labute approximate surface area is 142 Å². The third-order valence-electron chi connectivity index (χ3n) is 3.47. The first-order chi connectivity index (χ1) is 11.0. The minimum atomic E-state index is -0.233. The molecule has 1 amide bonds. The van der Waals surface area contributed by atoms with Crippen molar-refractivity contribution in [3.05, 3.63) is 45.9 Å². The summed E-state index contributed by atoms with van der Waals surface area (Å²) in [7, 11) is 0. The molecule has 2 aromatic carbocycles. The van der Waals surface area contributed by atoms with E-state index in [0.29, 0.717) is 22.9 Å². The lowest BCUT2D eigenvalue weighted by atomic mass is 10.1. The van der Waals surface area contributed by atoms with E-state index in [1.165, 1.54) is 0 Å². The molecule has 1 aliphatic heterocycles. The summed E-state index contributed by atoms with van der Waals surface area (Å²) in [5.74, 6) is 1.78. The average molecular weight is 378 g/mol. The van der Waals surface area contributed by atoms with E-state index in [2.05, 4.69) is 21.2 Å². The Hall–Kier alpha value is -2.21. The summed E-state index contributed by atoms with van der Waals surface area (Å²) in [6.07, 6.45) is 0. The fraction of sp³-hybridized carbons (Fsp3) is 0.235. The standard InChI is InChI=1S/C17H16BrNO4/c1-10-6-15(11(2)5-13(10)18)21-8-17(20)19-12-3-4-14-16(7-12)23-9-22-14/h3-7H,8-9H2,1-2H3,(H,19,20). The molecule has 0 saturated carbocycles. The second kappa shape index (κ2) is 6.50. The number of ether oxygens (including phenoxy) is 3. The van der Waals surface area contributed by atoms with E-state index in [9.17, 15) is 4.79 Å². The third-order valence-corrected chi connectivity index (χ3v) is 4.33. The van der Waals surface area contributed by atoms with Crippen LogP contribution in [0, 0.1) is 13.8 Å². The lowest BCUT2D eigenvalue weighted by Gasteiger charge is -2.11. The molecule has 0 fully saturated rings. The number of aryl methyl sites for hydroxylation is 2. The first kappa shape index (κ1) is 15.7. The highest BCUT2D eigenvalue weighted by Crippen LogP contribution is 2.34. The largest absolute Gasteiger partial charge is 0.483 e. The Morgan fingerprint density at radius 3 is 2.78 bits per heavy atom. The van der Waals surface area contributed by atoms with Crippen molar-refractivity contribution >= 4 is 27.5 Å². The van der Waals surface area contributed by atoms with Gasteiger partial charge in [-0.05, 0) is 49.2 Å². The zero-order chi connectivity index (χ0) is 16.4. The van der Waals surface area contributed by atoms with E-state index in [1.807, 2.05) is 26.0 Å². The predicted octanol–water partition coefficient (Wildman–Crippen LogP) is 3.81. The van der Waals surface area contributed by atoms with E-state index in [1.54, 1.807) is 18.2 Å². The minimum Gasteiger partial charge on any atom is -0.483 e. The molecular formula is C17H16BrNO4. The van der Waals surface area contributed by atoms with Gasteiger partial charge < -0.3 is 19.5 Å². The van der Waals surface area contributed by atoms with Crippen LogP contribution in [0.15, 0.2) is 34.8 Å². The fourth-order valence-corrected chi connectivity index (χ4v) is 2.68. The third kappa shape index (κ3) is 3.59. The molecule has 1 aliphatic rings. The van der Waals surface area contributed by atoms with Crippen molar-refractivity contribution in [3.63, 3.8) is 0 Å². The molecular weight excluding hydrogens is 362 g/mol. The van der Waals surface area contributed by atoms with Crippen LogP contribution in [-0.4, -0.2) is 19.3 Å². The molecule has 0 aliphatic carbocycles. The summed E-state index contributed by atoms with van der Waals surface area (Å²) in [6, 6.07) is 9.14. The van der Waals surface area contributed by atoms with Crippen molar-refractivity contribution in [1.29, 1.82) is 0 Å². The summed E-state index contributed by atoms with van der Waals surface area (Å²) < 4.78 is 17.1. The number of hydrogen-bond donors (Lipinski definition) is 1. The van der Waals surface area contributed by atoms with Gasteiger partial charge in [0.1, 0.15) is 5.75 Å². The van der Waals surface area contributed by atoms with Crippen LogP contribution in [0.2, 0.25) is 0 Å². The van der Waals surface area contributed by atoms with Crippen LogP contribution in [0.3, 0.4) is 0 Å². The Kier molecular flexibility index (Phi) is 4.43. The van der Waals surface area contributed by atoms with E-state index in [0.717, 1.165) is 15.6 Å². The molecule has 1 N–H and O–H groups in total. The molecule has 0 saturated heterocycles. The number of nitrogens with one attached hydrogen (secondary N) is 1. The summed E-state index contributed by atoms with van der Waals surface area (Å²) in [5, 5.41) is 2.78. The van der Waals surface area contributed by atoms with Crippen molar-refractivity contribution in [1.82, 2.24) is 0 Å². The summed E-state index contributed by atoms with van der Waals surface area (Å²) >= 11 is 3.47. The van der Waals surface area contributed by atoms with Gasteiger partial charge in [0, 0.05) is 16.2 Å². The maximum atomic E-state index is 12.0. The van der Waals surface area contributed by atoms with Crippen LogP contribution < -0.4 is 19.5 Å². The number of halogens is 1. The van der Waals surface area contributed by atoms with E-state index < -0.39 is 0 Å². The molecule has 3 rings (SSSR count). The van der Waals surface area contributed by atoms with Gasteiger partial charge in [0.15, 0.2) is 18.1 Å². The summed E-state index contributed by atoms with van der Waals surface area (Å²) in [5.41, 5.74) is 2.67. The lowest BCUT2D eigenvalue weighted by Crippen LogP contribution is -2.20. The van der Waals surface area contributed by atoms with Gasteiger partial charge in [0.25, 0.3) is 5.91 Å². The molecule has 0 radical (unpaired) electrons. The second-order valence-electron chi connectivity index (χ2n) is 5.27. The van der Waals surface area contributed by atoms with Gasteiger partial charge in [0.2, 0.25) is 6.79 Å². The van der Waals surface area contributed by atoms with Crippen molar-refractivity contribution in [2.45, 2.75) is 13.8 Å². The molecule has 6 heteroatoms. The monoisotopic (exact) mass is 377 g/mol. The van der Waals surface area contributed by atoms with Crippen LogP contribution in [0.1, 0.15) is 11.1 Å². The molecule has 0 aromatic heterocycles. The number of amides is 1. The maximum absolute atomic E-state index is 12.0. The van der Waals surface area contributed by atoms with Crippen LogP contribution >= 0.6 is 15.9 Å². The Balaban J connectivity index is 1.61. The van der Waals surface area contributed by atoms with Crippen LogP contribution in [-0.2, 0) is 4.79 Å². The SMILES string of the molecule is Cc1cc(OCC(=O)Nc2ccc3c(c2)OCO3)c(C)cc1Br. The quantitative estimate of drug-likeness (QED) is 0.879. The number of rotatable bonds is 4. The summed E-state index contributed by atoms with van der Waals surface area (Å²) in [4.78, 5) is 12.0. The summed E-state index contributed by atoms with van der Waals surface area (Å²) in [6.45, 7) is 4.06. The molecule has 1 heterocycles. The molecule has 0 spiro atoms. The molecule has 120 valence electrons. The predicted molar refractivity (Wildman–Crippen MR) is 90.3 cm³/mol. The molecule has 2 aromatic rings. The number of hydrogen-bond acceptors (Lipinski definition) is 4. The van der Waals surface area contributed by atoms with Crippen molar-refractivity contribution in [2.75, 3.05) is 18.7 Å². The smallest absolute Gasteiger partial charge is 0.262 e. The van der Waals surface area contributed by atoms with Gasteiger partial charge in [-0.3, -0.25) is 4.79 Å². The Bertz CT molecular complexity index is 760. The highest BCUT2D eigenvalue weighted by atomic mass is 79.9. The van der Waals surface area contributed by atoms with E-state index in [-0.39, 0.29) is 19.3 Å². The lowest BCUT2D eigenvalue weighted by molar-refractivity contribution is -0.118. The van der Waals surface area contributed by atoms with Gasteiger partial charge in [-0.2, -0.15) is 0 Å². The van der Waals surface area contributed by atoms with Gasteiger partial charge >= 0.3 is 0 Å². The Morgan fingerprint density at radius 1 is 1.17 bits per heavy atom. The first-order valence-electron chi connectivity index (χ1n) is 7.12. The Morgan fingerprint density at radius 2 is 1.96 bits per heavy atom. The van der Waals surface area contributed by atoms with Crippen molar-refractivity contribution in [3.8, 4) is 17.2 Å². The van der Waals surface area contributed by atoms with Crippen molar-refractivity contribution in [2.24, 2.45) is 0 Å². The van der Waals surface area contributed by atoms with Crippen LogP contribution in [0.25, 0.3) is 0 Å². The molecule has 23 heavy (non-hydrogen) atoms. The topological polar surface area (TPSA) is 56.8 Å². The van der Waals surface area contributed by atoms with Crippen LogP contribution in [0.4, 0.5) is 5.69 Å². The number of benzene rings is 2. The second-order valence-corrected chi connectivity index (χ2v) is 6.13. The minimum absolute atomic E-state index is 0.0592. The molecule has 5 nitrogen and oxygen atoms in total. The van der Waals surface area contributed by atoms with Gasteiger partial charge in [0.05, 0.1) is 0 Å². The van der Waals surface area contributed by atoms with Crippen molar-refractivity contribution < 1.29 is 19.0 Å². The first-order valence-corrected chi connectivity index (χ1v) is 7.91.